The Balaban J connectivity index is 3.20. The normalized spacial score (nSPS) is 11.4. The smallest absolute Gasteiger partial charge is 0.141 e. The Morgan fingerprint density at radius 1 is 1.50 bits per heavy atom. The summed E-state index contributed by atoms with van der Waals surface area (Å²) in [6, 6.07) is 0. The molecule has 0 aromatic carbocycles. The molecule has 0 saturated carbocycles. The highest BCUT2D eigenvalue weighted by Crippen LogP contribution is 2.20. The molecule has 0 aliphatic rings. The number of hydrogen-bond acceptors (Lipinski definition) is 4. The molecule has 0 radical (unpaired) electrons. The van der Waals surface area contributed by atoms with E-state index in [9.17, 15) is 9.90 Å². The first kappa shape index (κ1) is 10.9. The summed E-state index contributed by atoms with van der Waals surface area (Å²) in [7, 11) is 0. The van der Waals surface area contributed by atoms with E-state index in [0.29, 0.717) is 5.82 Å². The Hall–Kier alpha value is -1.16. The van der Waals surface area contributed by atoms with Gasteiger partial charge in [0.1, 0.15) is 11.0 Å². The number of carboxylic acids is 1. The first-order chi connectivity index (χ1) is 6.32. The van der Waals surface area contributed by atoms with Gasteiger partial charge < -0.3 is 9.90 Å². The molecule has 0 bridgehead atoms. The number of carboxylic acid groups (broad SMARTS) is 1. The largest absolute Gasteiger partial charge is 0.545 e. The van der Waals surface area contributed by atoms with E-state index >= 15 is 0 Å². The maximum absolute atomic E-state index is 10.5. The predicted molar refractivity (Wildman–Crippen MR) is 50.1 cm³/mol. The summed E-state index contributed by atoms with van der Waals surface area (Å²) in [5, 5.41) is 10.4. The molecule has 0 saturated heterocycles. The van der Waals surface area contributed by atoms with Gasteiger partial charge in [0.05, 0.1) is 11.5 Å². The molecule has 0 fully saturated rings. The van der Waals surface area contributed by atoms with E-state index in [1.807, 2.05) is 20.8 Å². The molecule has 1 aromatic heterocycles. The third-order valence-electron chi connectivity index (χ3n) is 1.63. The molecule has 0 amide bonds. The van der Waals surface area contributed by atoms with Gasteiger partial charge in [-0.05, 0) is 0 Å². The quantitative estimate of drug-likeness (QED) is 0.647. The lowest BCUT2D eigenvalue weighted by atomic mass is 9.96. The van der Waals surface area contributed by atoms with Crippen molar-refractivity contribution in [3.05, 3.63) is 22.7 Å². The van der Waals surface area contributed by atoms with Crippen LogP contribution in [0.4, 0.5) is 0 Å². The van der Waals surface area contributed by atoms with Crippen LogP contribution in [0.15, 0.2) is 6.20 Å². The van der Waals surface area contributed by atoms with Crippen LogP contribution >= 0.6 is 11.6 Å². The van der Waals surface area contributed by atoms with Crippen LogP contribution in [-0.2, 0) is 5.41 Å². The SMILES string of the molecule is CC(C)(C)c1ncc(C(=O)[O-])c(Cl)n1. The lowest BCUT2D eigenvalue weighted by Crippen LogP contribution is -2.25. The number of aromatic carboxylic acids is 1. The van der Waals surface area contributed by atoms with Crippen molar-refractivity contribution >= 4 is 17.6 Å². The van der Waals surface area contributed by atoms with Crippen molar-refractivity contribution in [1.82, 2.24) is 9.97 Å². The summed E-state index contributed by atoms with van der Waals surface area (Å²) in [6.45, 7) is 5.74. The summed E-state index contributed by atoms with van der Waals surface area (Å²) in [5.74, 6) is -0.858. The average molecular weight is 214 g/mol. The summed E-state index contributed by atoms with van der Waals surface area (Å²) in [6.07, 6.45) is 1.17. The van der Waals surface area contributed by atoms with Gasteiger partial charge in [0.2, 0.25) is 0 Å². The highest BCUT2D eigenvalue weighted by Gasteiger charge is 2.18. The molecule has 0 atom stereocenters. The lowest BCUT2D eigenvalue weighted by molar-refractivity contribution is -0.255. The van der Waals surface area contributed by atoms with Crippen molar-refractivity contribution in [2.75, 3.05) is 0 Å². The van der Waals surface area contributed by atoms with Crippen molar-refractivity contribution in [3.8, 4) is 0 Å². The minimum absolute atomic E-state index is 0.0788. The van der Waals surface area contributed by atoms with Crippen LogP contribution in [0.5, 0.6) is 0 Å². The fourth-order valence-electron chi connectivity index (χ4n) is 0.859. The van der Waals surface area contributed by atoms with Crippen LogP contribution in [0.1, 0.15) is 37.0 Å². The average Bonchev–Trinajstić information content (AvgIpc) is 2.01. The molecule has 1 heterocycles. The number of aromatic nitrogens is 2. The van der Waals surface area contributed by atoms with Gasteiger partial charge in [0.15, 0.2) is 0 Å². The zero-order valence-corrected chi connectivity index (χ0v) is 8.92. The fraction of sp³-hybridized carbons (Fsp3) is 0.444. The number of halogens is 1. The van der Waals surface area contributed by atoms with Gasteiger partial charge in [0.25, 0.3) is 0 Å². The number of carbonyl (C=O) groups is 1. The van der Waals surface area contributed by atoms with Gasteiger partial charge in [-0.3, -0.25) is 0 Å². The molecule has 5 heteroatoms. The van der Waals surface area contributed by atoms with Crippen molar-refractivity contribution in [1.29, 1.82) is 0 Å². The van der Waals surface area contributed by atoms with E-state index < -0.39 is 5.97 Å². The van der Waals surface area contributed by atoms with Gasteiger partial charge >= 0.3 is 0 Å². The molecule has 0 spiro atoms. The molecule has 1 aromatic rings. The van der Waals surface area contributed by atoms with Crippen LogP contribution in [0.2, 0.25) is 5.15 Å². The fourth-order valence-corrected chi connectivity index (χ4v) is 1.07. The Morgan fingerprint density at radius 3 is 2.43 bits per heavy atom. The van der Waals surface area contributed by atoms with Crippen molar-refractivity contribution < 1.29 is 9.90 Å². The minimum Gasteiger partial charge on any atom is -0.545 e. The third kappa shape index (κ3) is 2.20. The number of nitrogens with zero attached hydrogens (tertiary/aromatic N) is 2. The monoisotopic (exact) mass is 213 g/mol. The molecule has 0 aliphatic heterocycles. The summed E-state index contributed by atoms with van der Waals surface area (Å²) in [5.41, 5.74) is -0.437. The summed E-state index contributed by atoms with van der Waals surface area (Å²) < 4.78 is 0. The molecule has 4 nitrogen and oxygen atoms in total. The standard InChI is InChI=1S/C9H11ClN2O2/c1-9(2,3)8-11-4-5(7(13)14)6(10)12-8/h4H,1-3H3,(H,13,14)/p-1. The second kappa shape index (κ2) is 3.53. The summed E-state index contributed by atoms with van der Waals surface area (Å²) in [4.78, 5) is 18.3. The topological polar surface area (TPSA) is 65.9 Å². The molecule has 0 unspecified atom stereocenters. The van der Waals surface area contributed by atoms with Gasteiger partial charge in [-0.2, -0.15) is 0 Å². The number of rotatable bonds is 1. The Kier molecular flexibility index (Phi) is 2.76. The molecule has 0 aliphatic carbocycles. The van der Waals surface area contributed by atoms with E-state index in [2.05, 4.69) is 9.97 Å². The van der Waals surface area contributed by atoms with Gasteiger partial charge in [-0.25, -0.2) is 9.97 Å². The van der Waals surface area contributed by atoms with Crippen LogP contribution < -0.4 is 5.11 Å². The first-order valence-corrected chi connectivity index (χ1v) is 4.44. The Morgan fingerprint density at radius 2 is 2.07 bits per heavy atom. The summed E-state index contributed by atoms with van der Waals surface area (Å²) >= 11 is 5.66. The zero-order valence-electron chi connectivity index (χ0n) is 8.17. The highest BCUT2D eigenvalue weighted by molar-refractivity contribution is 6.32. The first-order valence-electron chi connectivity index (χ1n) is 4.06. The van der Waals surface area contributed by atoms with Crippen molar-refractivity contribution in [2.24, 2.45) is 0 Å². The molecule has 1 rings (SSSR count). The van der Waals surface area contributed by atoms with Crippen molar-refractivity contribution in [2.45, 2.75) is 26.2 Å². The van der Waals surface area contributed by atoms with Crippen molar-refractivity contribution in [3.63, 3.8) is 0 Å². The van der Waals surface area contributed by atoms with Crippen LogP contribution in [0.25, 0.3) is 0 Å². The number of carbonyl (C=O) groups excluding carboxylic acids is 1. The second-order valence-electron chi connectivity index (χ2n) is 3.94. The van der Waals surface area contributed by atoms with Gasteiger partial charge in [-0.1, -0.05) is 32.4 Å². The van der Waals surface area contributed by atoms with E-state index in [1.54, 1.807) is 0 Å². The van der Waals surface area contributed by atoms with Gasteiger partial charge in [-0.15, -0.1) is 0 Å². The predicted octanol–water partition coefficient (Wildman–Crippen LogP) is 0.791. The van der Waals surface area contributed by atoms with Crippen LogP contribution in [0, 0.1) is 0 Å². The highest BCUT2D eigenvalue weighted by atomic mass is 35.5. The minimum atomic E-state index is -1.37. The second-order valence-corrected chi connectivity index (χ2v) is 4.29. The van der Waals surface area contributed by atoms with Crippen LogP contribution in [-0.4, -0.2) is 15.9 Å². The lowest BCUT2D eigenvalue weighted by Gasteiger charge is -2.17. The Bertz CT molecular complexity index is 372. The molecule has 76 valence electrons. The van der Waals surface area contributed by atoms with Gasteiger partial charge in [0, 0.05) is 11.6 Å². The maximum atomic E-state index is 10.5. The molecule has 0 N–H and O–H groups in total. The molecular weight excluding hydrogens is 204 g/mol. The third-order valence-corrected chi connectivity index (χ3v) is 1.92. The molecule has 14 heavy (non-hydrogen) atoms. The van der Waals surface area contributed by atoms with E-state index in [4.69, 9.17) is 11.6 Å². The Labute approximate surface area is 87.0 Å². The number of hydrogen-bond donors (Lipinski definition) is 0. The van der Waals surface area contributed by atoms with Crippen LogP contribution in [0.3, 0.4) is 0 Å². The van der Waals surface area contributed by atoms with E-state index in [1.165, 1.54) is 6.20 Å². The van der Waals surface area contributed by atoms with E-state index in [-0.39, 0.29) is 16.1 Å². The van der Waals surface area contributed by atoms with E-state index in [0.717, 1.165) is 0 Å². The maximum Gasteiger partial charge on any atom is 0.141 e. The molecular formula is C9H10ClN2O2-. The zero-order chi connectivity index (χ0) is 10.9.